The number of ketones is 1. The summed E-state index contributed by atoms with van der Waals surface area (Å²) >= 11 is 0. The van der Waals surface area contributed by atoms with Crippen molar-refractivity contribution in [2.24, 2.45) is 0 Å². The van der Waals surface area contributed by atoms with Gasteiger partial charge in [0.1, 0.15) is 11.6 Å². The van der Waals surface area contributed by atoms with Gasteiger partial charge < -0.3 is 4.74 Å². The Bertz CT molecular complexity index is 966. The van der Waals surface area contributed by atoms with Gasteiger partial charge in [0.15, 0.2) is 0 Å². The van der Waals surface area contributed by atoms with Gasteiger partial charge in [0.25, 0.3) is 0 Å². The van der Waals surface area contributed by atoms with Crippen LogP contribution in [0.2, 0.25) is 0 Å². The molecule has 0 aliphatic heterocycles. The minimum Gasteiger partial charge on any atom is -0.497 e. The van der Waals surface area contributed by atoms with Crippen LogP contribution >= 0.6 is 0 Å². The number of rotatable bonds is 3. The molecule has 3 heteroatoms. The third-order valence-corrected chi connectivity index (χ3v) is 3.70. The monoisotopic (exact) mass is 330 g/mol. The molecule has 0 unspecified atom stereocenters. The van der Waals surface area contributed by atoms with Crippen molar-refractivity contribution in [2.75, 3.05) is 7.11 Å². The van der Waals surface area contributed by atoms with Crippen molar-refractivity contribution >= 4 is 5.78 Å². The highest BCUT2D eigenvalue weighted by molar-refractivity contribution is 6.13. The van der Waals surface area contributed by atoms with Crippen LogP contribution in [0.5, 0.6) is 5.75 Å². The van der Waals surface area contributed by atoms with E-state index in [1.54, 1.807) is 19.2 Å². The van der Waals surface area contributed by atoms with E-state index in [9.17, 15) is 9.18 Å². The zero-order valence-corrected chi connectivity index (χ0v) is 13.6. The molecule has 0 atom stereocenters. The van der Waals surface area contributed by atoms with Gasteiger partial charge in [0, 0.05) is 11.1 Å². The fraction of sp³-hybridized carbons (Fsp3) is 0.0455. The molecule has 0 spiro atoms. The van der Waals surface area contributed by atoms with E-state index < -0.39 is 11.6 Å². The summed E-state index contributed by atoms with van der Waals surface area (Å²) in [6.45, 7) is 0. The number of carbonyl (C=O) groups excluding carboxylic acids is 1. The SMILES string of the molecule is COc1cccc(-c2ccc(F)cc2C(=O)C#Cc2ccccc2)c1. The summed E-state index contributed by atoms with van der Waals surface area (Å²) < 4.78 is 18.9. The van der Waals surface area contributed by atoms with Crippen LogP contribution in [0.3, 0.4) is 0 Å². The summed E-state index contributed by atoms with van der Waals surface area (Å²) in [7, 11) is 1.57. The van der Waals surface area contributed by atoms with Crippen molar-refractivity contribution in [1.82, 2.24) is 0 Å². The van der Waals surface area contributed by atoms with E-state index in [0.717, 1.165) is 11.1 Å². The molecular weight excluding hydrogens is 315 g/mol. The van der Waals surface area contributed by atoms with Crippen molar-refractivity contribution in [2.45, 2.75) is 0 Å². The minimum atomic E-state index is -0.475. The highest BCUT2D eigenvalue weighted by atomic mass is 19.1. The van der Waals surface area contributed by atoms with Gasteiger partial charge in [0.05, 0.1) is 7.11 Å². The summed E-state index contributed by atoms with van der Waals surface area (Å²) in [5.74, 6) is 5.17. The number of hydrogen-bond donors (Lipinski definition) is 0. The van der Waals surface area contributed by atoms with Gasteiger partial charge in [-0.3, -0.25) is 4.79 Å². The third-order valence-electron chi connectivity index (χ3n) is 3.70. The Balaban J connectivity index is 2.02. The van der Waals surface area contributed by atoms with Gasteiger partial charge in [-0.05, 0) is 53.4 Å². The van der Waals surface area contributed by atoms with E-state index in [2.05, 4.69) is 11.8 Å². The molecule has 122 valence electrons. The highest BCUT2D eigenvalue weighted by Gasteiger charge is 2.13. The van der Waals surface area contributed by atoms with Crippen LogP contribution in [-0.2, 0) is 0 Å². The zero-order valence-electron chi connectivity index (χ0n) is 13.6. The average molecular weight is 330 g/mol. The quantitative estimate of drug-likeness (QED) is 0.512. The van der Waals surface area contributed by atoms with Gasteiger partial charge in [-0.25, -0.2) is 4.39 Å². The maximum absolute atomic E-state index is 13.7. The lowest BCUT2D eigenvalue weighted by Gasteiger charge is -2.08. The molecule has 25 heavy (non-hydrogen) atoms. The molecule has 0 heterocycles. The standard InChI is InChI=1S/C22H15FO2/c1-25-19-9-5-8-17(14-19)20-12-11-18(23)15-21(20)22(24)13-10-16-6-3-2-4-7-16/h2-9,11-12,14-15H,1H3. The maximum Gasteiger partial charge on any atom is 0.236 e. The second-order valence-corrected chi connectivity index (χ2v) is 5.37. The van der Waals surface area contributed by atoms with Crippen LogP contribution in [0.25, 0.3) is 11.1 Å². The largest absolute Gasteiger partial charge is 0.497 e. The van der Waals surface area contributed by atoms with Crippen LogP contribution in [0.1, 0.15) is 15.9 Å². The smallest absolute Gasteiger partial charge is 0.236 e. The number of Topliss-reactive ketones (excluding diaryl/α,β-unsaturated/α-hetero) is 1. The molecular formula is C22H15FO2. The van der Waals surface area contributed by atoms with Gasteiger partial charge in [0.2, 0.25) is 5.78 Å². The normalized spacial score (nSPS) is 9.84. The molecule has 3 aromatic carbocycles. The summed E-state index contributed by atoms with van der Waals surface area (Å²) in [5, 5.41) is 0. The Morgan fingerprint density at radius 1 is 0.960 bits per heavy atom. The molecule has 0 fully saturated rings. The Morgan fingerprint density at radius 2 is 1.76 bits per heavy atom. The van der Waals surface area contributed by atoms with Crippen molar-refractivity contribution in [3.05, 3.63) is 89.7 Å². The van der Waals surface area contributed by atoms with Crippen LogP contribution in [0.15, 0.2) is 72.8 Å². The molecule has 0 amide bonds. The van der Waals surface area contributed by atoms with E-state index in [1.807, 2.05) is 48.5 Å². The maximum atomic E-state index is 13.7. The van der Waals surface area contributed by atoms with Crippen LogP contribution < -0.4 is 4.74 Å². The zero-order chi connectivity index (χ0) is 17.6. The Hall–Kier alpha value is -3.38. The first-order valence-corrected chi connectivity index (χ1v) is 7.73. The molecule has 0 saturated carbocycles. The van der Waals surface area contributed by atoms with Crippen LogP contribution in [0, 0.1) is 17.7 Å². The van der Waals surface area contributed by atoms with E-state index in [-0.39, 0.29) is 5.56 Å². The molecule has 0 saturated heterocycles. The molecule has 0 aromatic heterocycles. The lowest BCUT2D eigenvalue weighted by molar-refractivity contribution is 0.105. The van der Waals surface area contributed by atoms with Crippen molar-refractivity contribution in [3.8, 4) is 28.7 Å². The lowest BCUT2D eigenvalue weighted by Crippen LogP contribution is -2.00. The predicted molar refractivity (Wildman–Crippen MR) is 96.0 cm³/mol. The molecule has 3 aromatic rings. The Kier molecular flexibility index (Phi) is 4.92. The topological polar surface area (TPSA) is 26.3 Å². The van der Waals surface area contributed by atoms with Crippen LogP contribution in [0.4, 0.5) is 4.39 Å². The van der Waals surface area contributed by atoms with Gasteiger partial charge >= 0.3 is 0 Å². The number of halogens is 1. The lowest BCUT2D eigenvalue weighted by atomic mass is 9.96. The number of ether oxygens (including phenoxy) is 1. The third kappa shape index (κ3) is 3.94. The summed E-state index contributed by atoms with van der Waals surface area (Å²) in [6, 6.07) is 20.6. The van der Waals surface area contributed by atoms with E-state index in [1.165, 1.54) is 12.1 Å². The first kappa shape index (κ1) is 16.5. The average Bonchev–Trinajstić information content (AvgIpc) is 2.67. The van der Waals surface area contributed by atoms with E-state index in [4.69, 9.17) is 4.74 Å². The van der Waals surface area contributed by atoms with Crippen molar-refractivity contribution in [3.63, 3.8) is 0 Å². The van der Waals surface area contributed by atoms with Gasteiger partial charge in [-0.15, -0.1) is 0 Å². The minimum absolute atomic E-state index is 0.233. The Morgan fingerprint density at radius 3 is 2.52 bits per heavy atom. The summed E-state index contributed by atoms with van der Waals surface area (Å²) in [6.07, 6.45) is 0. The molecule has 0 bridgehead atoms. The van der Waals surface area contributed by atoms with Gasteiger partial charge in [-0.2, -0.15) is 0 Å². The second-order valence-electron chi connectivity index (χ2n) is 5.37. The van der Waals surface area contributed by atoms with Gasteiger partial charge in [-0.1, -0.05) is 42.3 Å². The van der Waals surface area contributed by atoms with Crippen molar-refractivity contribution in [1.29, 1.82) is 0 Å². The highest BCUT2D eigenvalue weighted by Crippen LogP contribution is 2.28. The number of hydrogen-bond acceptors (Lipinski definition) is 2. The van der Waals surface area contributed by atoms with E-state index in [0.29, 0.717) is 11.3 Å². The van der Waals surface area contributed by atoms with E-state index >= 15 is 0 Å². The molecule has 0 aliphatic rings. The number of methoxy groups -OCH3 is 1. The first-order chi connectivity index (χ1) is 12.2. The fourth-order valence-corrected chi connectivity index (χ4v) is 2.46. The second kappa shape index (κ2) is 7.46. The first-order valence-electron chi connectivity index (χ1n) is 7.73. The molecule has 0 N–H and O–H groups in total. The molecule has 0 radical (unpaired) electrons. The van der Waals surface area contributed by atoms with Crippen LogP contribution in [-0.4, -0.2) is 12.9 Å². The van der Waals surface area contributed by atoms with Crippen molar-refractivity contribution < 1.29 is 13.9 Å². The summed E-state index contributed by atoms with van der Waals surface area (Å²) in [4.78, 5) is 12.5. The molecule has 0 aliphatic carbocycles. The Labute approximate surface area is 145 Å². The number of carbonyl (C=O) groups is 1. The predicted octanol–water partition coefficient (Wildman–Crippen LogP) is 4.74. The molecule has 2 nitrogen and oxygen atoms in total. The fourth-order valence-electron chi connectivity index (χ4n) is 2.46. The number of benzene rings is 3. The summed E-state index contributed by atoms with van der Waals surface area (Å²) in [5.41, 5.74) is 2.35. The molecule has 3 rings (SSSR count).